The Morgan fingerprint density at radius 1 is 1.25 bits per heavy atom. The predicted octanol–water partition coefficient (Wildman–Crippen LogP) is 0.459. The lowest BCUT2D eigenvalue weighted by Gasteiger charge is -2.32. The molecule has 4 heteroatoms. The van der Waals surface area contributed by atoms with Crippen LogP contribution in [-0.4, -0.2) is 62.0 Å². The van der Waals surface area contributed by atoms with E-state index in [1.54, 1.807) is 0 Å². The van der Waals surface area contributed by atoms with E-state index in [-0.39, 0.29) is 6.61 Å². The topological polar surface area (TPSA) is 44.7 Å². The zero-order valence-corrected chi connectivity index (χ0v) is 10.5. The third-order valence-electron chi connectivity index (χ3n) is 3.11. The summed E-state index contributed by atoms with van der Waals surface area (Å²) < 4.78 is 5.18. The monoisotopic (exact) mass is 230 g/mol. The van der Waals surface area contributed by atoms with Crippen LogP contribution in [0.1, 0.15) is 26.2 Å². The highest BCUT2D eigenvalue weighted by Crippen LogP contribution is 2.11. The summed E-state index contributed by atoms with van der Waals surface area (Å²) in [5.74, 6) is 0. The average molecular weight is 230 g/mol. The Labute approximate surface area is 99.0 Å². The molecule has 0 aromatic heterocycles. The minimum absolute atomic E-state index is 0.115. The molecule has 0 bridgehead atoms. The fourth-order valence-electron chi connectivity index (χ4n) is 2.11. The van der Waals surface area contributed by atoms with E-state index in [0.29, 0.717) is 19.3 Å². The smallest absolute Gasteiger partial charge is 0.0698 e. The van der Waals surface area contributed by atoms with Gasteiger partial charge in [0.1, 0.15) is 0 Å². The van der Waals surface area contributed by atoms with Crippen LogP contribution < -0.4 is 5.32 Å². The van der Waals surface area contributed by atoms with Crippen molar-refractivity contribution in [3.05, 3.63) is 0 Å². The summed E-state index contributed by atoms with van der Waals surface area (Å²) in [5, 5.41) is 11.9. The number of rotatable bonds is 8. The van der Waals surface area contributed by atoms with Gasteiger partial charge >= 0.3 is 0 Å². The molecule has 0 saturated carbocycles. The summed E-state index contributed by atoms with van der Waals surface area (Å²) in [5.41, 5.74) is 0. The summed E-state index contributed by atoms with van der Waals surface area (Å²) in [4.78, 5) is 2.56. The fraction of sp³-hybridized carbons (Fsp3) is 1.00. The maximum absolute atomic E-state index is 8.53. The van der Waals surface area contributed by atoms with E-state index in [9.17, 15) is 0 Å². The number of hydrogen-bond donors (Lipinski definition) is 2. The molecule has 0 amide bonds. The van der Waals surface area contributed by atoms with Crippen molar-refractivity contribution >= 4 is 0 Å². The molecule has 1 heterocycles. The second kappa shape index (κ2) is 8.93. The van der Waals surface area contributed by atoms with Crippen molar-refractivity contribution in [2.24, 2.45) is 0 Å². The van der Waals surface area contributed by atoms with Crippen molar-refractivity contribution in [1.29, 1.82) is 0 Å². The molecule has 1 unspecified atom stereocenters. The van der Waals surface area contributed by atoms with Crippen LogP contribution in [0.25, 0.3) is 0 Å². The number of hydrogen-bond acceptors (Lipinski definition) is 4. The van der Waals surface area contributed by atoms with Crippen LogP contribution in [0.15, 0.2) is 0 Å². The normalized spacial score (nSPS) is 19.9. The largest absolute Gasteiger partial charge is 0.394 e. The van der Waals surface area contributed by atoms with E-state index in [4.69, 9.17) is 9.84 Å². The van der Waals surface area contributed by atoms with Gasteiger partial charge in [-0.3, -0.25) is 4.90 Å². The highest BCUT2D eigenvalue weighted by atomic mass is 16.5. The SMILES string of the molecule is CC(CNCCOCCO)N1CCCCC1. The van der Waals surface area contributed by atoms with Gasteiger partial charge in [-0.05, 0) is 32.9 Å². The molecule has 1 fully saturated rings. The van der Waals surface area contributed by atoms with Crippen LogP contribution in [-0.2, 0) is 4.74 Å². The summed E-state index contributed by atoms with van der Waals surface area (Å²) in [6.07, 6.45) is 4.10. The zero-order chi connectivity index (χ0) is 11.6. The Bertz CT molecular complexity index is 161. The van der Waals surface area contributed by atoms with Crippen LogP contribution in [0.5, 0.6) is 0 Å². The van der Waals surface area contributed by atoms with Crippen molar-refractivity contribution in [2.45, 2.75) is 32.2 Å². The molecule has 0 spiro atoms. The molecule has 1 atom stereocenters. The minimum atomic E-state index is 0.115. The third kappa shape index (κ3) is 5.80. The summed E-state index contributed by atoms with van der Waals surface area (Å²) in [6, 6.07) is 0.623. The van der Waals surface area contributed by atoms with Gasteiger partial charge in [-0.15, -0.1) is 0 Å². The molecule has 1 aliphatic rings. The molecule has 96 valence electrons. The number of aliphatic hydroxyl groups is 1. The third-order valence-corrected chi connectivity index (χ3v) is 3.11. The molecule has 16 heavy (non-hydrogen) atoms. The molecule has 2 N–H and O–H groups in total. The Morgan fingerprint density at radius 3 is 2.69 bits per heavy atom. The van der Waals surface area contributed by atoms with E-state index >= 15 is 0 Å². The van der Waals surface area contributed by atoms with Gasteiger partial charge in [0.05, 0.1) is 19.8 Å². The Hall–Kier alpha value is -0.160. The van der Waals surface area contributed by atoms with E-state index < -0.39 is 0 Å². The minimum Gasteiger partial charge on any atom is -0.394 e. The maximum atomic E-state index is 8.53. The molecule has 1 saturated heterocycles. The average Bonchev–Trinajstić information content (AvgIpc) is 2.34. The van der Waals surface area contributed by atoms with Gasteiger partial charge in [0.15, 0.2) is 0 Å². The quantitative estimate of drug-likeness (QED) is 0.595. The van der Waals surface area contributed by atoms with Crippen LogP contribution in [0.3, 0.4) is 0 Å². The van der Waals surface area contributed by atoms with Gasteiger partial charge in [-0.1, -0.05) is 6.42 Å². The highest BCUT2D eigenvalue weighted by Gasteiger charge is 2.15. The molecule has 4 nitrogen and oxygen atoms in total. The van der Waals surface area contributed by atoms with Crippen molar-refractivity contribution in [1.82, 2.24) is 10.2 Å². The van der Waals surface area contributed by atoms with Crippen LogP contribution >= 0.6 is 0 Å². The number of ether oxygens (including phenoxy) is 1. The van der Waals surface area contributed by atoms with Gasteiger partial charge in [-0.25, -0.2) is 0 Å². The van der Waals surface area contributed by atoms with Crippen LogP contribution in [0, 0.1) is 0 Å². The second-order valence-electron chi connectivity index (χ2n) is 4.49. The van der Waals surface area contributed by atoms with Gasteiger partial charge in [0.25, 0.3) is 0 Å². The number of likely N-dealkylation sites (tertiary alicyclic amines) is 1. The van der Waals surface area contributed by atoms with Gasteiger partial charge in [0, 0.05) is 19.1 Å². The first-order valence-electron chi connectivity index (χ1n) is 6.48. The Morgan fingerprint density at radius 2 is 2.00 bits per heavy atom. The number of nitrogens with zero attached hydrogens (tertiary/aromatic N) is 1. The van der Waals surface area contributed by atoms with Gasteiger partial charge in [0.2, 0.25) is 0 Å². The summed E-state index contributed by atoms with van der Waals surface area (Å²) in [6.45, 7) is 7.95. The van der Waals surface area contributed by atoms with Crippen LogP contribution in [0.4, 0.5) is 0 Å². The predicted molar refractivity (Wildman–Crippen MR) is 65.7 cm³/mol. The van der Waals surface area contributed by atoms with E-state index in [0.717, 1.165) is 13.1 Å². The molecule has 1 rings (SSSR count). The first-order valence-corrected chi connectivity index (χ1v) is 6.48. The van der Waals surface area contributed by atoms with Crippen molar-refractivity contribution in [2.75, 3.05) is 46.0 Å². The molecule has 1 aliphatic heterocycles. The second-order valence-corrected chi connectivity index (χ2v) is 4.49. The first kappa shape index (κ1) is 13.9. The molecule has 0 aromatic carbocycles. The standard InChI is InChI=1S/C12H26N2O2/c1-12(14-6-3-2-4-7-14)11-13-5-9-16-10-8-15/h12-13,15H,2-11H2,1H3. The number of piperidine rings is 1. The highest BCUT2D eigenvalue weighted by molar-refractivity contribution is 4.72. The lowest BCUT2D eigenvalue weighted by Crippen LogP contribution is -2.43. The summed E-state index contributed by atoms with van der Waals surface area (Å²) in [7, 11) is 0. The maximum Gasteiger partial charge on any atom is 0.0698 e. The number of nitrogens with one attached hydrogen (secondary N) is 1. The molecular formula is C12H26N2O2. The number of aliphatic hydroxyl groups excluding tert-OH is 1. The van der Waals surface area contributed by atoms with Gasteiger partial charge < -0.3 is 15.2 Å². The fourth-order valence-corrected chi connectivity index (χ4v) is 2.11. The van der Waals surface area contributed by atoms with Crippen molar-refractivity contribution < 1.29 is 9.84 Å². The van der Waals surface area contributed by atoms with Crippen molar-refractivity contribution in [3.8, 4) is 0 Å². The molecular weight excluding hydrogens is 204 g/mol. The van der Waals surface area contributed by atoms with E-state index in [1.165, 1.54) is 32.4 Å². The Balaban J connectivity index is 1.94. The van der Waals surface area contributed by atoms with E-state index in [2.05, 4.69) is 17.1 Å². The first-order chi connectivity index (χ1) is 7.84. The van der Waals surface area contributed by atoms with Crippen LogP contribution in [0.2, 0.25) is 0 Å². The summed E-state index contributed by atoms with van der Waals surface area (Å²) >= 11 is 0. The lowest BCUT2D eigenvalue weighted by molar-refractivity contribution is 0.0921. The molecule has 0 aromatic rings. The van der Waals surface area contributed by atoms with Gasteiger partial charge in [-0.2, -0.15) is 0 Å². The zero-order valence-electron chi connectivity index (χ0n) is 10.5. The lowest BCUT2D eigenvalue weighted by atomic mass is 10.1. The Kier molecular flexibility index (Phi) is 7.76. The molecule has 0 radical (unpaired) electrons. The van der Waals surface area contributed by atoms with E-state index in [1.807, 2.05) is 0 Å². The van der Waals surface area contributed by atoms with Crippen molar-refractivity contribution in [3.63, 3.8) is 0 Å². The molecule has 0 aliphatic carbocycles.